The van der Waals surface area contributed by atoms with Crippen LogP contribution >= 0.6 is 45.2 Å². The Bertz CT molecular complexity index is 554. The first-order valence-electron chi connectivity index (χ1n) is 4.12. The van der Waals surface area contributed by atoms with E-state index >= 15 is 0 Å². The Morgan fingerprint density at radius 2 is 2.06 bits per heavy atom. The van der Waals surface area contributed by atoms with Gasteiger partial charge in [-0.15, -0.1) is 0 Å². The first kappa shape index (κ1) is 13.9. The number of aromatic amines is 2. The molecule has 0 saturated carbocycles. The highest BCUT2D eigenvalue weighted by atomic mass is 127. The zero-order chi connectivity index (χ0) is 12.8. The summed E-state index contributed by atoms with van der Waals surface area (Å²) in [5.41, 5.74) is 5.18. The lowest BCUT2D eigenvalue weighted by Crippen LogP contribution is -2.10. The predicted octanol–water partition coefficient (Wildman–Crippen LogP) is 1.68. The number of H-pyrrole nitrogens is 2. The molecule has 1 amide bonds. The van der Waals surface area contributed by atoms with Crippen molar-refractivity contribution in [2.75, 3.05) is 0 Å². The van der Waals surface area contributed by atoms with Crippen LogP contribution in [0.1, 0.15) is 10.5 Å². The fourth-order valence-corrected chi connectivity index (χ4v) is 1.60. The Balaban J connectivity index is 0.000000171. The van der Waals surface area contributed by atoms with Crippen LogP contribution in [0.5, 0.6) is 0 Å². The standard InChI is InChI=1S/C4H4IN3O.C4H2IN3/c5-3-1-2(4(6)9)7-8-3;1-6-4-2-3(5)7-8-4/h1H,(H2,6,9)(H,7,8);2H,(H,7,8). The highest BCUT2D eigenvalue weighted by Crippen LogP contribution is 2.09. The maximum Gasteiger partial charge on any atom is 0.269 e. The number of rotatable bonds is 1. The molecule has 7 nitrogen and oxygen atoms in total. The van der Waals surface area contributed by atoms with E-state index in [-0.39, 0.29) is 5.69 Å². The number of carbonyl (C=O) groups is 1. The first-order chi connectivity index (χ1) is 8.02. The number of amides is 1. The van der Waals surface area contributed by atoms with Gasteiger partial charge in [0, 0.05) is 6.07 Å². The van der Waals surface area contributed by atoms with E-state index in [0.717, 1.165) is 7.40 Å². The van der Waals surface area contributed by atoms with Gasteiger partial charge in [0.1, 0.15) is 3.70 Å². The number of nitrogens with two attached hydrogens (primary N) is 1. The maximum absolute atomic E-state index is 10.4. The Labute approximate surface area is 124 Å². The van der Waals surface area contributed by atoms with Gasteiger partial charge in [0.25, 0.3) is 11.7 Å². The van der Waals surface area contributed by atoms with Gasteiger partial charge in [-0.25, -0.2) is 5.10 Å². The highest BCUT2D eigenvalue weighted by Gasteiger charge is 2.02. The molecule has 17 heavy (non-hydrogen) atoms. The van der Waals surface area contributed by atoms with Crippen LogP contribution in [0.2, 0.25) is 0 Å². The van der Waals surface area contributed by atoms with E-state index in [1.54, 1.807) is 12.1 Å². The summed E-state index contributed by atoms with van der Waals surface area (Å²) in [6, 6.07) is 3.27. The van der Waals surface area contributed by atoms with E-state index < -0.39 is 5.91 Å². The van der Waals surface area contributed by atoms with Gasteiger partial charge in [-0.2, -0.15) is 5.10 Å². The summed E-state index contributed by atoms with van der Waals surface area (Å²) in [6.45, 7) is 6.51. The average molecular weight is 456 g/mol. The Hall–Kier alpha value is -1.16. The van der Waals surface area contributed by atoms with Gasteiger partial charge < -0.3 is 10.6 Å². The molecule has 0 aliphatic rings. The molecule has 0 unspecified atom stereocenters. The van der Waals surface area contributed by atoms with Gasteiger partial charge in [0.05, 0.1) is 3.70 Å². The van der Waals surface area contributed by atoms with Crippen molar-refractivity contribution in [3.63, 3.8) is 0 Å². The van der Waals surface area contributed by atoms with Gasteiger partial charge in [0.2, 0.25) is 0 Å². The Morgan fingerprint density at radius 3 is 2.29 bits per heavy atom. The molecule has 0 fully saturated rings. The number of aromatic nitrogens is 4. The van der Waals surface area contributed by atoms with E-state index in [0.29, 0.717) is 5.82 Å². The summed E-state index contributed by atoms with van der Waals surface area (Å²) >= 11 is 4.05. The van der Waals surface area contributed by atoms with Gasteiger partial charge in [-0.3, -0.25) is 9.89 Å². The Morgan fingerprint density at radius 1 is 1.35 bits per heavy atom. The molecule has 0 atom stereocenters. The van der Waals surface area contributed by atoms with Crippen molar-refractivity contribution in [1.82, 2.24) is 20.4 Å². The second kappa shape index (κ2) is 6.55. The molecule has 88 valence electrons. The van der Waals surface area contributed by atoms with E-state index in [1.165, 1.54) is 0 Å². The van der Waals surface area contributed by atoms with Crippen molar-refractivity contribution < 1.29 is 4.79 Å². The quantitative estimate of drug-likeness (QED) is 0.450. The third kappa shape index (κ3) is 4.69. The Kier molecular flexibility index (Phi) is 5.35. The molecule has 4 N–H and O–H groups in total. The van der Waals surface area contributed by atoms with Gasteiger partial charge in [-0.1, -0.05) is 11.7 Å². The minimum absolute atomic E-state index is 0.277. The van der Waals surface area contributed by atoms with Crippen molar-refractivity contribution in [2.24, 2.45) is 5.73 Å². The fraction of sp³-hybridized carbons (Fsp3) is 0. The lowest BCUT2D eigenvalue weighted by Gasteiger charge is -1.78. The van der Waals surface area contributed by atoms with E-state index in [9.17, 15) is 4.79 Å². The van der Waals surface area contributed by atoms with Crippen LogP contribution in [0.25, 0.3) is 4.85 Å². The van der Waals surface area contributed by atoms with Gasteiger partial charge in [0.15, 0.2) is 5.69 Å². The number of halogens is 2. The van der Waals surface area contributed by atoms with Crippen molar-refractivity contribution in [1.29, 1.82) is 0 Å². The first-order valence-corrected chi connectivity index (χ1v) is 6.27. The van der Waals surface area contributed by atoms with Crippen LogP contribution in [0, 0.1) is 14.0 Å². The summed E-state index contributed by atoms with van der Waals surface area (Å²) in [7, 11) is 0. The maximum atomic E-state index is 10.4. The van der Waals surface area contributed by atoms with Crippen LogP contribution in [0.15, 0.2) is 12.1 Å². The van der Waals surface area contributed by atoms with Crippen molar-refractivity contribution in [2.45, 2.75) is 0 Å². The minimum Gasteiger partial charge on any atom is -0.364 e. The molecule has 0 aliphatic heterocycles. The zero-order valence-electron chi connectivity index (χ0n) is 8.24. The highest BCUT2D eigenvalue weighted by molar-refractivity contribution is 14.1. The minimum atomic E-state index is -0.505. The number of hydrogen-bond acceptors (Lipinski definition) is 3. The lowest BCUT2D eigenvalue weighted by molar-refractivity contribution is 0.0995. The summed E-state index contributed by atoms with van der Waals surface area (Å²) in [5.74, 6) is -0.0106. The molecule has 0 bridgehead atoms. The van der Waals surface area contributed by atoms with Gasteiger partial charge in [-0.05, 0) is 51.2 Å². The number of nitrogens with one attached hydrogen (secondary N) is 2. The number of primary amides is 1. The molecule has 2 aromatic heterocycles. The smallest absolute Gasteiger partial charge is 0.269 e. The zero-order valence-corrected chi connectivity index (χ0v) is 12.6. The molecular weight excluding hydrogens is 450 g/mol. The SMILES string of the molecule is NC(=O)c1cc(I)[nH]n1.[C-]#[N+]c1cc(I)n[nH]1. The largest absolute Gasteiger partial charge is 0.364 e. The fourth-order valence-electron chi connectivity index (χ4n) is 0.770. The van der Waals surface area contributed by atoms with Crippen LogP contribution in [0.3, 0.4) is 0 Å². The topological polar surface area (TPSA) is 105 Å². The number of carbonyl (C=O) groups excluding carboxylic acids is 1. The van der Waals surface area contributed by atoms with E-state index in [1.807, 2.05) is 45.2 Å². The molecular formula is C8H6I2N6O. The normalized spacial score (nSPS) is 9.00. The molecule has 0 spiro atoms. The predicted molar refractivity (Wildman–Crippen MR) is 77.4 cm³/mol. The average Bonchev–Trinajstić information content (AvgIpc) is 2.88. The summed E-state index contributed by atoms with van der Waals surface area (Å²) in [4.78, 5) is 13.5. The van der Waals surface area contributed by atoms with Gasteiger partial charge >= 0.3 is 0 Å². The molecule has 2 rings (SSSR count). The monoisotopic (exact) mass is 456 g/mol. The summed E-state index contributed by atoms with van der Waals surface area (Å²) in [5, 5.41) is 12.5. The molecule has 9 heteroatoms. The number of hydrogen-bond donors (Lipinski definition) is 3. The number of nitrogens with zero attached hydrogens (tertiary/aromatic N) is 3. The molecule has 0 aliphatic carbocycles. The third-order valence-electron chi connectivity index (χ3n) is 1.45. The van der Waals surface area contributed by atoms with Crippen LogP contribution in [0.4, 0.5) is 5.82 Å². The lowest BCUT2D eigenvalue weighted by atomic mass is 10.4. The molecule has 0 saturated heterocycles. The van der Waals surface area contributed by atoms with Crippen molar-refractivity contribution in [3.8, 4) is 0 Å². The molecule has 0 aromatic carbocycles. The van der Waals surface area contributed by atoms with Crippen LogP contribution < -0.4 is 5.73 Å². The third-order valence-corrected chi connectivity index (χ3v) is 2.56. The van der Waals surface area contributed by atoms with E-state index in [4.69, 9.17) is 12.3 Å². The summed E-state index contributed by atoms with van der Waals surface area (Å²) in [6.07, 6.45) is 0. The van der Waals surface area contributed by atoms with Crippen molar-refractivity contribution in [3.05, 3.63) is 36.6 Å². The second-order valence-corrected chi connectivity index (χ2v) is 4.92. The molecule has 2 heterocycles. The molecule has 2 aromatic rings. The van der Waals surface area contributed by atoms with Crippen LogP contribution in [-0.4, -0.2) is 26.3 Å². The summed E-state index contributed by atoms with van der Waals surface area (Å²) < 4.78 is 1.63. The van der Waals surface area contributed by atoms with Crippen molar-refractivity contribution >= 4 is 56.9 Å². The van der Waals surface area contributed by atoms with E-state index in [2.05, 4.69) is 25.2 Å². The molecule has 0 radical (unpaired) electrons. The van der Waals surface area contributed by atoms with Crippen LogP contribution in [-0.2, 0) is 0 Å². The second-order valence-electron chi connectivity index (χ2n) is 2.65.